The van der Waals surface area contributed by atoms with Crippen molar-refractivity contribution < 1.29 is 0 Å². The first-order valence-electron chi connectivity index (χ1n) is 18.9. The van der Waals surface area contributed by atoms with E-state index in [2.05, 4.69) is 241 Å². The van der Waals surface area contributed by atoms with Crippen LogP contribution in [-0.2, 0) is 0 Å². The van der Waals surface area contributed by atoms with Gasteiger partial charge >= 0.3 is 0 Å². The molecule has 260 valence electrons. The summed E-state index contributed by atoms with van der Waals surface area (Å²) in [6, 6.07) is 85.0. The molecule has 1 heteroatoms. The van der Waals surface area contributed by atoms with Crippen molar-refractivity contribution in [2.24, 2.45) is 0 Å². The van der Waals surface area contributed by atoms with E-state index >= 15 is 0 Å². The predicted molar refractivity (Wildman–Crippen MR) is 234 cm³/mol. The van der Waals surface area contributed by atoms with Crippen molar-refractivity contribution in [3.63, 3.8) is 0 Å². The number of benzene rings is 9. The van der Waals surface area contributed by atoms with Gasteiger partial charge in [0.1, 0.15) is 0 Å². The lowest BCUT2D eigenvalue weighted by atomic mass is 9.86. The minimum Gasteiger partial charge on any atom is -0.310 e. The zero-order chi connectivity index (χ0) is 36.8. The molecule has 9 rings (SSSR count). The third-order valence-electron chi connectivity index (χ3n) is 10.3. The van der Waals surface area contributed by atoms with Crippen LogP contribution in [-0.4, -0.2) is 0 Å². The van der Waals surface area contributed by atoms with Crippen LogP contribution >= 0.6 is 0 Å². The summed E-state index contributed by atoms with van der Waals surface area (Å²) in [5, 5.41) is 0. The molecule has 9 aromatic rings. The van der Waals surface area contributed by atoms with E-state index in [1.165, 1.54) is 66.8 Å². The molecule has 9 aromatic carbocycles. The zero-order valence-corrected chi connectivity index (χ0v) is 30.5. The molecule has 0 amide bonds. The van der Waals surface area contributed by atoms with Crippen molar-refractivity contribution in [3.05, 3.63) is 237 Å². The second-order valence-electron chi connectivity index (χ2n) is 13.7. The van der Waals surface area contributed by atoms with E-state index in [1.54, 1.807) is 0 Å². The van der Waals surface area contributed by atoms with E-state index in [0.717, 1.165) is 17.1 Å². The van der Waals surface area contributed by atoms with E-state index < -0.39 is 0 Å². The van der Waals surface area contributed by atoms with Gasteiger partial charge in [0.05, 0.1) is 0 Å². The van der Waals surface area contributed by atoms with Crippen molar-refractivity contribution >= 4 is 17.1 Å². The Balaban J connectivity index is 1.21. The second-order valence-corrected chi connectivity index (χ2v) is 13.7. The topological polar surface area (TPSA) is 3.24 Å². The molecule has 0 aliphatic rings. The normalized spacial score (nSPS) is 10.9. The van der Waals surface area contributed by atoms with Gasteiger partial charge in [0.2, 0.25) is 0 Å². The molecule has 0 aliphatic heterocycles. The van der Waals surface area contributed by atoms with E-state index in [-0.39, 0.29) is 0 Å². The first-order chi connectivity index (χ1) is 27.3. The Morgan fingerprint density at radius 1 is 0.200 bits per heavy atom. The van der Waals surface area contributed by atoms with E-state index in [1.807, 2.05) is 0 Å². The molecule has 0 radical (unpaired) electrons. The van der Waals surface area contributed by atoms with Crippen LogP contribution in [0.1, 0.15) is 0 Å². The number of anilines is 3. The minimum absolute atomic E-state index is 1.09. The standard InChI is InChI=1S/C54H39N/c1-6-20-40(21-7-1)48-30-16-18-32-50(48)51-33-19-17-31-49(51)43-34-36-46(37-35-43)55(45-28-14-5-15-29-45)47-38-52(41-22-8-2-9-23-41)54(44-26-12-4-13-27-44)53(39-47)42-24-10-3-11-25-42/h1-39H. The smallest absolute Gasteiger partial charge is 0.0474 e. The fourth-order valence-electron chi connectivity index (χ4n) is 7.73. The van der Waals surface area contributed by atoms with Crippen LogP contribution in [0, 0.1) is 0 Å². The monoisotopic (exact) mass is 701 g/mol. The fourth-order valence-corrected chi connectivity index (χ4v) is 7.73. The molecule has 0 aliphatic carbocycles. The van der Waals surface area contributed by atoms with Crippen LogP contribution in [0.4, 0.5) is 17.1 Å². The number of para-hydroxylation sites is 1. The first-order valence-corrected chi connectivity index (χ1v) is 18.9. The Labute approximate surface area is 324 Å². The Hall–Kier alpha value is -7.22. The lowest BCUT2D eigenvalue weighted by molar-refractivity contribution is 1.28. The van der Waals surface area contributed by atoms with E-state index in [0.29, 0.717) is 0 Å². The Morgan fingerprint density at radius 3 is 0.945 bits per heavy atom. The molecule has 0 saturated carbocycles. The van der Waals surface area contributed by atoms with Crippen molar-refractivity contribution in [1.29, 1.82) is 0 Å². The highest BCUT2D eigenvalue weighted by atomic mass is 15.1. The summed E-state index contributed by atoms with van der Waals surface area (Å²) >= 11 is 0. The summed E-state index contributed by atoms with van der Waals surface area (Å²) in [6.45, 7) is 0. The lowest BCUT2D eigenvalue weighted by Gasteiger charge is -2.28. The highest BCUT2D eigenvalue weighted by Gasteiger charge is 2.21. The summed E-state index contributed by atoms with van der Waals surface area (Å²) in [6.07, 6.45) is 0. The van der Waals surface area contributed by atoms with E-state index in [9.17, 15) is 0 Å². The van der Waals surface area contributed by atoms with Gasteiger partial charge in [-0.1, -0.05) is 200 Å². The number of hydrogen-bond donors (Lipinski definition) is 0. The molecule has 0 saturated heterocycles. The summed E-state index contributed by atoms with van der Waals surface area (Å²) < 4.78 is 0. The van der Waals surface area contributed by atoms with Crippen molar-refractivity contribution in [2.45, 2.75) is 0 Å². The SMILES string of the molecule is c1ccc(-c2ccccc2-c2ccccc2-c2ccc(N(c3ccccc3)c3cc(-c4ccccc4)c(-c4ccccc4)c(-c4ccccc4)c3)cc2)cc1. The maximum atomic E-state index is 2.38. The minimum atomic E-state index is 1.09. The van der Waals surface area contributed by atoms with Gasteiger partial charge in [0.15, 0.2) is 0 Å². The fraction of sp³-hybridized carbons (Fsp3) is 0. The van der Waals surface area contributed by atoms with Crippen molar-refractivity contribution in [3.8, 4) is 66.8 Å². The van der Waals surface area contributed by atoms with Gasteiger partial charge in [-0.05, 0) is 103 Å². The third-order valence-corrected chi connectivity index (χ3v) is 10.3. The molecule has 0 unspecified atom stereocenters. The van der Waals surface area contributed by atoms with Gasteiger partial charge in [0, 0.05) is 17.1 Å². The highest BCUT2D eigenvalue weighted by molar-refractivity contribution is 5.99. The van der Waals surface area contributed by atoms with Gasteiger partial charge in [-0.3, -0.25) is 0 Å². The third kappa shape index (κ3) is 6.88. The average molecular weight is 702 g/mol. The molecule has 0 atom stereocenters. The second kappa shape index (κ2) is 15.4. The number of nitrogens with zero attached hydrogens (tertiary/aromatic N) is 1. The largest absolute Gasteiger partial charge is 0.310 e. The molecule has 0 fully saturated rings. The molecule has 0 heterocycles. The molecule has 0 bridgehead atoms. The average Bonchev–Trinajstić information content (AvgIpc) is 3.28. The molecule has 1 nitrogen and oxygen atoms in total. The Kier molecular flexibility index (Phi) is 9.41. The van der Waals surface area contributed by atoms with Gasteiger partial charge < -0.3 is 4.90 Å². The molecular weight excluding hydrogens is 663 g/mol. The van der Waals surface area contributed by atoms with Crippen LogP contribution < -0.4 is 4.90 Å². The molecule has 0 aromatic heterocycles. The molecule has 55 heavy (non-hydrogen) atoms. The Bertz CT molecular complexity index is 2590. The summed E-state index contributed by atoms with van der Waals surface area (Å²) in [4.78, 5) is 2.38. The molecule has 0 spiro atoms. The quantitative estimate of drug-likeness (QED) is 0.145. The summed E-state index contributed by atoms with van der Waals surface area (Å²) in [5.41, 5.74) is 17.7. The maximum Gasteiger partial charge on any atom is 0.0474 e. The number of rotatable bonds is 9. The number of hydrogen-bond acceptors (Lipinski definition) is 1. The van der Waals surface area contributed by atoms with Gasteiger partial charge in [-0.2, -0.15) is 0 Å². The van der Waals surface area contributed by atoms with Crippen molar-refractivity contribution in [2.75, 3.05) is 4.90 Å². The van der Waals surface area contributed by atoms with Crippen LogP contribution in [0.3, 0.4) is 0 Å². The molecular formula is C54H39N. The zero-order valence-electron chi connectivity index (χ0n) is 30.5. The summed E-state index contributed by atoms with van der Waals surface area (Å²) in [5.74, 6) is 0. The van der Waals surface area contributed by atoms with Crippen LogP contribution in [0.5, 0.6) is 0 Å². The van der Waals surface area contributed by atoms with Crippen LogP contribution in [0.25, 0.3) is 66.8 Å². The van der Waals surface area contributed by atoms with Crippen LogP contribution in [0.15, 0.2) is 237 Å². The summed E-state index contributed by atoms with van der Waals surface area (Å²) in [7, 11) is 0. The van der Waals surface area contributed by atoms with Gasteiger partial charge in [-0.25, -0.2) is 0 Å². The van der Waals surface area contributed by atoms with Crippen LogP contribution in [0.2, 0.25) is 0 Å². The molecule has 0 N–H and O–H groups in total. The first kappa shape index (κ1) is 33.6. The van der Waals surface area contributed by atoms with E-state index in [4.69, 9.17) is 0 Å². The van der Waals surface area contributed by atoms with Gasteiger partial charge in [-0.15, -0.1) is 0 Å². The van der Waals surface area contributed by atoms with Gasteiger partial charge in [0.25, 0.3) is 0 Å². The highest BCUT2D eigenvalue weighted by Crippen LogP contribution is 2.46. The van der Waals surface area contributed by atoms with Crippen molar-refractivity contribution in [1.82, 2.24) is 0 Å². The Morgan fingerprint density at radius 2 is 0.509 bits per heavy atom. The lowest BCUT2D eigenvalue weighted by Crippen LogP contribution is -2.10. The predicted octanol–water partition coefficient (Wildman–Crippen LogP) is 15.2. The maximum absolute atomic E-state index is 2.38.